The summed E-state index contributed by atoms with van der Waals surface area (Å²) < 4.78 is 39.7. The number of benzene rings is 2. The number of ether oxygens (including phenoxy) is 2. The van der Waals surface area contributed by atoms with Gasteiger partial charge in [0.1, 0.15) is 23.4 Å². The highest BCUT2D eigenvalue weighted by molar-refractivity contribution is 5.90. The number of carbonyl (C=O) groups is 2. The van der Waals surface area contributed by atoms with E-state index in [1.165, 1.54) is 12.1 Å². The van der Waals surface area contributed by atoms with Crippen molar-refractivity contribution >= 4 is 11.8 Å². The first-order valence-electron chi connectivity index (χ1n) is 16.2. The van der Waals surface area contributed by atoms with Crippen LogP contribution in [-0.2, 0) is 20.7 Å². The summed E-state index contributed by atoms with van der Waals surface area (Å²) in [6.07, 6.45) is 6.16. The van der Waals surface area contributed by atoms with Gasteiger partial charge < -0.3 is 30.1 Å². The highest BCUT2D eigenvalue weighted by Crippen LogP contribution is 2.42. The maximum Gasteiger partial charge on any atom is 0.243 e. The number of fused-ring (bicyclic) bond motifs is 1. The lowest BCUT2D eigenvalue weighted by molar-refractivity contribution is -0.140. The van der Waals surface area contributed by atoms with Gasteiger partial charge in [0.15, 0.2) is 0 Å². The number of nitrogens with zero attached hydrogens (tertiary/aromatic N) is 1. The van der Waals surface area contributed by atoms with E-state index < -0.39 is 35.7 Å². The summed E-state index contributed by atoms with van der Waals surface area (Å²) >= 11 is 0. The summed E-state index contributed by atoms with van der Waals surface area (Å²) in [6.45, 7) is 10.5. The van der Waals surface area contributed by atoms with Crippen LogP contribution in [0.5, 0.6) is 5.75 Å². The molecule has 2 aromatic rings. The van der Waals surface area contributed by atoms with Gasteiger partial charge in [-0.3, -0.25) is 9.59 Å². The van der Waals surface area contributed by atoms with Crippen LogP contribution >= 0.6 is 0 Å². The van der Waals surface area contributed by atoms with Crippen molar-refractivity contribution in [2.24, 2.45) is 5.92 Å². The monoisotopic (exact) mass is 639 g/mol. The first-order valence-corrected chi connectivity index (χ1v) is 16.2. The van der Waals surface area contributed by atoms with Crippen molar-refractivity contribution < 1.29 is 33.0 Å². The summed E-state index contributed by atoms with van der Waals surface area (Å²) in [5.74, 6) is -1.42. The Hall–Kier alpha value is -3.60. The largest absolute Gasteiger partial charge is 0.497 e. The third-order valence-corrected chi connectivity index (χ3v) is 8.95. The van der Waals surface area contributed by atoms with Gasteiger partial charge in [0, 0.05) is 31.1 Å². The first kappa shape index (κ1) is 35.3. The molecule has 2 aromatic carbocycles. The number of aliphatic hydroxyl groups excluding tert-OH is 1. The van der Waals surface area contributed by atoms with Gasteiger partial charge in [0.2, 0.25) is 11.8 Å². The van der Waals surface area contributed by atoms with Crippen LogP contribution in [0.2, 0.25) is 0 Å². The molecular weight excluding hydrogens is 592 g/mol. The number of hydrogen-bond donors (Lipinski definition) is 3. The van der Waals surface area contributed by atoms with Crippen LogP contribution in [-0.4, -0.2) is 66.8 Å². The third-order valence-electron chi connectivity index (χ3n) is 8.95. The minimum atomic E-state index is -1.14. The Kier molecular flexibility index (Phi) is 12.9. The van der Waals surface area contributed by atoms with E-state index >= 15 is 0 Å². The van der Waals surface area contributed by atoms with Crippen molar-refractivity contribution in [3.63, 3.8) is 0 Å². The Bertz CT molecular complexity index is 1350. The molecule has 6 atom stereocenters. The molecule has 1 saturated heterocycles. The fourth-order valence-corrected chi connectivity index (χ4v) is 6.55. The number of rotatable bonds is 18. The Labute approximate surface area is 270 Å². The lowest BCUT2D eigenvalue weighted by Gasteiger charge is -2.31. The second-order valence-electron chi connectivity index (χ2n) is 12.2. The number of amides is 2. The smallest absolute Gasteiger partial charge is 0.243 e. The predicted molar refractivity (Wildman–Crippen MR) is 173 cm³/mol. The molecule has 1 aliphatic carbocycles. The lowest BCUT2D eigenvalue weighted by Crippen LogP contribution is -2.55. The van der Waals surface area contributed by atoms with Crippen molar-refractivity contribution in [3.8, 4) is 5.75 Å². The molecule has 46 heavy (non-hydrogen) atoms. The van der Waals surface area contributed by atoms with E-state index in [1.54, 1.807) is 24.2 Å². The van der Waals surface area contributed by atoms with Gasteiger partial charge in [-0.05, 0) is 73.1 Å². The SMILES string of the molecule is C=CCO[C@@H]1C[C@H](NC[C@@H](O)[C@H](Cc2cc(F)cc(F)c2)NC(=O)C(CC=C)N2CC[C@H](CCCC)C2=O)c2cc(OC)ccc21. The normalized spacial score (nSPS) is 21.0. The zero-order valence-electron chi connectivity index (χ0n) is 26.9. The van der Waals surface area contributed by atoms with Gasteiger partial charge in [-0.25, -0.2) is 8.78 Å². The average molecular weight is 640 g/mol. The molecule has 10 heteroatoms. The Morgan fingerprint density at radius 3 is 2.59 bits per heavy atom. The molecule has 3 N–H and O–H groups in total. The standard InChI is InChI=1S/C36H47F2N3O5/c1-5-8-10-24-13-14-41(36(24)44)32(9-6-2)35(43)40-31(18-23-16-25(37)19-26(38)17-23)33(42)22-39-30-21-34(46-15-7-3)28-12-11-27(45-4)20-29(28)30/h6-7,11-12,16-17,19-20,24,30-34,39,42H,2-3,5,8-10,13-15,18,21-22H2,1,4H3,(H,40,43)/t24-,30-,31-,32?,33+,34+/m0/s1. The molecule has 0 aromatic heterocycles. The summed E-state index contributed by atoms with van der Waals surface area (Å²) in [5, 5.41) is 17.8. The van der Waals surface area contributed by atoms with Gasteiger partial charge in [0.25, 0.3) is 0 Å². The zero-order chi connectivity index (χ0) is 33.2. The second kappa shape index (κ2) is 16.8. The number of hydrogen-bond acceptors (Lipinski definition) is 6. The molecule has 0 saturated carbocycles. The Balaban J connectivity index is 1.52. The van der Waals surface area contributed by atoms with Crippen molar-refractivity contribution in [3.05, 3.63) is 90.0 Å². The molecular formula is C36H47F2N3O5. The molecule has 1 unspecified atom stereocenters. The minimum Gasteiger partial charge on any atom is -0.497 e. The summed E-state index contributed by atoms with van der Waals surface area (Å²) in [7, 11) is 1.60. The topological polar surface area (TPSA) is 100 Å². The molecule has 1 aliphatic heterocycles. The van der Waals surface area contributed by atoms with Crippen molar-refractivity contribution in [2.45, 2.75) is 82.2 Å². The van der Waals surface area contributed by atoms with Gasteiger partial charge in [-0.2, -0.15) is 0 Å². The molecule has 2 aliphatic rings. The molecule has 2 amide bonds. The van der Waals surface area contributed by atoms with Crippen LogP contribution in [0.4, 0.5) is 8.78 Å². The Morgan fingerprint density at radius 1 is 1.15 bits per heavy atom. The fourth-order valence-electron chi connectivity index (χ4n) is 6.55. The van der Waals surface area contributed by atoms with E-state index in [-0.39, 0.29) is 48.9 Å². The quantitative estimate of drug-likeness (QED) is 0.191. The van der Waals surface area contributed by atoms with Crippen LogP contribution in [0.25, 0.3) is 0 Å². The van der Waals surface area contributed by atoms with E-state index in [2.05, 4.69) is 30.7 Å². The molecule has 1 heterocycles. The van der Waals surface area contributed by atoms with E-state index in [0.717, 1.165) is 36.5 Å². The number of aliphatic hydroxyl groups is 1. The average Bonchev–Trinajstić information content (AvgIpc) is 3.57. The fraction of sp³-hybridized carbons (Fsp3) is 0.500. The number of methoxy groups -OCH3 is 1. The number of unbranched alkanes of at least 4 members (excludes halogenated alkanes) is 1. The van der Waals surface area contributed by atoms with Gasteiger partial charge in [-0.15, -0.1) is 13.2 Å². The van der Waals surface area contributed by atoms with Crippen LogP contribution in [0.3, 0.4) is 0 Å². The summed E-state index contributed by atoms with van der Waals surface area (Å²) in [5.41, 5.74) is 2.27. The van der Waals surface area contributed by atoms with Gasteiger partial charge in [0.05, 0.1) is 32.0 Å². The van der Waals surface area contributed by atoms with Crippen molar-refractivity contribution in [1.82, 2.24) is 15.5 Å². The van der Waals surface area contributed by atoms with Crippen LogP contribution < -0.4 is 15.4 Å². The maximum atomic E-state index is 14.1. The molecule has 4 rings (SSSR count). The minimum absolute atomic E-state index is 0.0305. The first-order chi connectivity index (χ1) is 22.2. The molecule has 0 bridgehead atoms. The van der Waals surface area contributed by atoms with E-state index in [4.69, 9.17) is 9.47 Å². The molecule has 250 valence electrons. The van der Waals surface area contributed by atoms with E-state index in [9.17, 15) is 23.5 Å². The summed E-state index contributed by atoms with van der Waals surface area (Å²) in [4.78, 5) is 28.6. The molecule has 0 radical (unpaired) electrons. The van der Waals surface area contributed by atoms with Crippen molar-refractivity contribution in [1.29, 1.82) is 0 Å². The van der Waals surface area contributed by atoms with E-state index in [0.29, 0.717) is 31.7 Å². The molecule has 8 nitrogen and oxygen atoms in total. The highest BCUT2D eigenvalue weighted by atomic mass is 19.1. The van der Waals surface area contributed by atoms with Crippen LogP contribution in [0.1, 0.15) is 74.3 Å². The van der Waals surface area contributed by atoms with E-state index in [1.807, 2.05) is 18.2 Å². The number of nitrogens with one attached hydrogen (secondary N) is 2. The third kappa shape index (κ3) is 8.80. The number of halogens is 2. The summed E-state index contributed by atoms with van der Waals surface area (Å²) in [6, 6.07) is 7.02. The zero-order valence-corrected chi connectivity index (χ0v) is 26.9. The lowest BCUT2D eigenvalue weighted by atomic mass is 9.99. The molecule has 1 fully saturated rings. The maximum absolute atomic E-state index is 14.1. The van der Waals surface area contributed by atoms with Crippen LogP contribution in [0.15, 0.2) is 61.7 Å². The molecule has 0 spiro atoms. The highest BCUT2D eigenvalue weighted by Gasteiger charge is 2.39. The number of carbonyl (C=O) groups excluding carboxylic acids is 2. The number of likely N-dealkylation sites (tertiary alicyclic amines) is 1. The van der Waals surface area contributed by atoms with Crippen molar-refractivity contribution in [2.75, 3.05) is 26.8 Å². The second-order valence-corrected chi connectivity index (χ2v) is 12.2. The van der Waals surface area contributed by atoms with Crippen LogP contribution in [0, 0.1) is 17.6 Å². The Morgan fingerprint density at radius 2 is 1.91 bits per heavy atom. The van der Waals surface area contributed by atoms with Gasteiger partial charge in [-0.1, -0.05) is 38.0 Å². The predicted octanol–water partition coefficient (Wildman–Crippen LogP) is 5.32. The van der Waals surface area contributed by atoms with Gasteiger partial charge >= 0.3 is 0 Å².